The molecule has 4 heteroatoms. The zero-order valence-electron chi connectivity index (χ0n) is 9.45. The molecule has 0 aliphatic rings. The SMILES string of the molecule is CC(C)(C)c1csc2ncc(CCN)n12. The number of hydrogen-bond acceptors (Lipinski definition) is 3. The van der Waals surface area contributed by atoms with Crippen molar-refractivity contribution >= 4 is 16.3 Å². The largest absolute Gasteiger partial charge is 0.330 e. The van der Waals surface area contributed by atoms with E-state index in [-0.39, 0.29) is 5.41 Å². The van der Waals surface area contributed by atoms with E-state index in [1.54, 1.807) is 11.3 Å². The number of rotatable bonds is 2. The Hall–Kier alpha value is -0.870. The highest BCUT2D eigenvalue weighted by Crippen LogP contribution is 2.28. The molecule has 0 amide bonds. The van der Waals surface area contributed by atoms with E-state index in [0.717, 1.165) is 11.4 Å². The van der Waals surface area contributed by atoms with Crippen molar-refractivity contribution in [2.75, 3.05) is 6.54 Å². The quantitative estimate of drug-likeness (QED) is 0.848. The first-order valence-electron chi connectivity index (χ1n) is 5.18. The lowest BCUT2D eigenvalue weighted by Crippen LogP contribution is -2.16. The van der Waals surface area contributed by atoms with Gasteiger partial charge in [0.25, 0.3) is 0 Å². The summed E-state index contributed by atoms with van der Waals surface area (Å²) in [4.78, 5) is 5.47. The molecule has 15 heavy (non-hydrogen) atoms. The Morgan fingerprint density at radius 2 is 2.20 bits per heavy atom. The smallest absolute Gasteiger partial charge is 0.194 e. The van der Waals surface area contributed by atoms with Gasteiger partial charge in [-0.25, -0.2) is 4.98 Å². The summed E-state index contributed by atoms with van der Waals surface area (Å²) in [6, 6.07) is 0. The van der Waals surface area contributed by atoms with Crippen molar-refractivity contribution in [3.8, 4) is 0 Å². The van der Waals surface area contributed by atoms with Crippen molar-refractivity contribution in [1.82, 2.24) is 9.38 Å². The number of nitrogens with zero attached hydrogens (tertiary/aromatic N) is 2. The van der Waals surface area contributed by atoms with Crippen LogP contribution in [0.5, 0.6) is 0 Å². The minimum atomic E-state index is 0.155. The third kappa shape index (κ3) is 1.79. The van der Waals surface area contributed by atoms with Gasteiger partial charge < -0.3 is 5.73 Å². The molecule has 2 N–H and O–H groups in total. The van der Waals surface area contributed by atoms with Crippen molar-refractivity contribution < 1.29 is 0 Å². The highest BCUT2D eigenvalue weighted by molar-refractivity contribution is 7.15. The van der Waals surface area contributed by atoms with E-state index in [9.17, 15) is 0 Å². The number of imidazole rings is 1. The number of fused-ring (bicyclic) bond motifs is 1. The van der Waals surface area contributed by atoms with Crippen LogP contribution in [0.25, 0.3) is 4.96 Å². The molecule has 0 atom stereocenters. The maximum Gasteiger partial charge on any atom is 0.194 e. The van der Waals surface area contributed by atoms with E-state index in [1.165, 1.54) is 11.4 Å². The van der Waals surface area contributed by atoms with Gasteiger partial charge in [-0.2, -0.15) is 0 Å². The van der Waals surface area contributed by atoms with Crippen LogP contribution in [0.15, 0.2) is 11.6 Å². The summed E-state index contributed by atoms with van der Waals surface area (Å²) in [7, 11) is 0. The normalized spacial score (nSPS) is 12.5. The van der Waals surface area contributed by atoms with Gasteiger partial charge >= 0.3 is 0 Å². The summed E-state index contributed by atoms with van der Waals surface area (Å²) in [5, 5.41) is 2.20. The zero-order valence-corrected chi connectivity index (χ0v) is 10.3. The molecular weight excluding hydrogens is 206 g/mol. The summed E-state index contributed by atoms with van der Waals surface area (Å²) >= 11 is 1.70. The van der Waals surface area contributed by atoms with Gasteiger partial charge in [-0.05, 0) is 6.54 Å². The molecule has 2 aromatic heterocycles. The number of nitrogens with two attached hydrogens (primary N) is 1. The number of thiazole rings is 1. The third-order valence-corrected chi connectivity index (χ3v) is 3.33. The molecule has 3 nitrogen and oxygen atoms in total. The Labute approximate surface area is 93.9 Å². The van der Waals surface area contributed by atoms with Gasteiger partial charge in [0.05, 0.1) is 6.20 Å². The Balaban J connectivity index is 2.60. The van der Waals surface area contributed by atoms with Crippen LogP contribution in [-0.2, 0) is 11.8 Å². The molecule has 0 aliphatic heterocycles. The maximum absolute atomic E-state index is 5.60. The molecule has 0 aliphatic carbocycles. The van der Waals surface area contributed by atoms with Crippen molar-refractivity contribution in [1.29, 1.82) is 0 Å². The van der Waals surface area contributed by atoms with Crippen LogP contribution in [0.2, 0.25) is 0 Å². The lowest BCUT2D eigenvalue weighted by atomic mass is 9.93. The average molecular weight is 223 g/mol. The highest BCUT2D eigenvalue weighted by Gasteiger charge is 2.20. The van der Waals surface area contributed by atoms with Gasteiger partial charge in [-0.3, -0.25) is 4.40 Å². The first kappa shape index (κ1) is 10.6. The van der Waals surface area contributed by atoms with E-state index < -0.39 is 0 Å². The minimum absolute atomic E-state index is 0.155. The van der Waals surface area contributed by atoms with Crippen LogP contribution in [0, 0.1) is 0 Å². The molecule has 0 unspecified atom stereocenters. The summed E-state index contributed by atoms with van der Waals surface area (Å²) in [5.41, 5.74) is 8.30. The monoisotopic (exact) mass is 223 g/mol. The zero-order chi connectivity index (χ0) is 11.1. The van der Waals surface area contributed by atoms with Gasteiger partial charge in [-0.15, -0.1) is 11.3 Å². The Bertz CT molecular complexity index is 462. The van der Waals surface area contributed by atoms with Crippen molar-refractivity contribution in [2.24, 2.45) is 5.73 Å². The second-order valence-electron chi connectivity index (χ2n) is 4.78. The highest BCUT2D eigenvalue weighted by atomic mass is 32.1. The molecule has 2 heterocycles. The van der Waals surface area contributed by atoms with E-state index in [4.69, 9.17) is 5.73 Å². The topological polar surface area (TPSA) is 43.3 Å². The van der Waals surface area contributed by atoms with Crippen LogP contribution >= 0.6 is 11.3 Å². The van der Waals surface area contributed by atoms with Crippen molar-refractivity contribution in [3.05, 3.63) is 23.0 Å². The van der Waals surface area contributed by atoms with Crippen LogP contribution in [0.1, 0.15) is 32.2 Å². The van der Waals surface area contributed by atoms with E-state index in [2.05, 4.69) is 35.5 Å². The van der Waals surface area contributed by atoms with Crippen LogP contribution in [0.4, 0.5) is 0 Å². The molecule has 82 valence electrons. The van der Waals surface area contributed by atoms with Crippen molar-refractivity contribution in [2.45, 2.75) is 32.6 Å². The standard InChI is InChI=1S/C11H17N3S/c1-11(2,3)9-7-15-10-13-6-8(4-5-12)14(9)10/h6-7H,4-5,12H2,1-3H3. The first-order valence-corrected chi connectivity index (χ1v) is 6.06. The van der Waals surface area contributed by atoms with Crippen LogP contribution < -0.4 is 5.73 Å². The minimum Gasteiger partial charge on any atom is -0.330 e. The fourth-order valence-electron chi connectivity index (χ4n) is 1.71. The second-order valence-corrected chi connectivity index (χ2v) is 5.61. The van der Waals surface area contributed by atoms with E-state index in [1.807, 2.05) is 6.20 Å². The third-order valence-electron chi connectivity index (χ3n) is 2.49. The fourth-order valence-corrected chi connectivity index (χ4v) is 2.82. The van der Waals surface area contributed by atoms with Crippen LogP contribution in [0.3, 0.4) is 0 Å². The predicted octanol–water partition coefficient (Wildman–Crippen LogP) is 2.19. The van der Waals surface area contributed by atoms with Crippen molar-refractivity contribution in [3.63, 3.8) is 0 Å². The lowest BCUT2D eigenvalue weighted by molar-refractivity contribution is 0.561. The van der Waals surface area contributed by atoms with E-state index >= 15 is 0 Å². The van der Waals surface area contributed by atoms with Gasteiger partial charge in [0.1, 0.15) is 0 Å². The number of hydrogen-bond donors (Lipinski definition) is 1. The number of aromatic nitrogens is 2. The molecule has 0 radical (unpaired) electrons. The predicted molar refractivity (Wildman–Crippen MR) is 64.5 cm³/mol. The average Bonchev–Trinajstić information content (AvgIpc) is 2.66. The maximum atomic E-state index is 5.60. The Morgan fingerprint density at radius 3 is 2.80 bits per heavy atom. The van der Waals surface area contributed by atoms with Gasteiger partial charge in [-0.1, -0.05) is 20.8 Å². The molecule has 2 aromatic rings. The van der Waals surface area contributed by atoms with Gasteiger partial charge in [0.2, 0.25) is 0 Å². The molecule has 0 saturated carbocycles. The fraction of sp³-hybridized carbons (Fsp3) is 0.545. The summed E-state index contributed by atoms with van der Waals surface area (Å²) in [5.74, 6) is 0. The molecule has 2 rings (SSSR count). The van der Waals surface area contributed by atoms with Gasteiger partial charge in [0.15, 0.2) is 4.96 Å². The summed E-state index contributed by atoms with van der Waals surface area (Å²) in [6.45, 7) is 7.34. The van der Waals surface area contributed by atoms with E-state index in [0.29, 0.717) is 6.54 Å². The molecule has 0 spiro atoms. The first-order chi connectivity index (χ1) is 7.04. The Morgan fingerprint density at radius 1 is 1.47 bits per heavy atom. The Kier molecular flexibility index (Phi) is 2.56. The lowest BCUT2D eigenvalue weighted by Gasteiger charge is -2.18. The molecule has 0 saturated heterocycles. The summed E-state index contributed by atoms with van der Waals surface area (Å²) < 4.78 is 2.25. The second kappa shape index (κ2) is 3.61. The molecule has 0 fully saturated rings. The summed E-state index contributed by atoms with van der Waals surface area (Å²) in [6.07, 6.45) is 2.83. The van der Waals surface area contributed by atoms with Crippen LogP contribution in [-0.4, -0.2) is 15.9 Å². The molecule has 0 bridgehead atoms. The van der Waals surface area contributed by atoms with Gasteiger partial charge in [0, 0.05) is 28.6 Å². The molecule has 0 aromatic carbocycles. The molecular formula is C11H17N3S.